The molecule has 7 heteroatoms. The summed E-state index contributed by atoms with van der Waals surface area (Å²) in [5, 5.41) is 11.2. The second-order valence-electron chi connectivity index (χ2n) is 5.13. The van der Waals surface area contributed by atoms with Crippen LogP contribution < -0.4 is 4.90 Å². The van der Waals surface area contributed by atoms with Gasteiger partial charge in [0.1, 0.15) is 5.69 Å². The Morgan fingerprint density at radius 1 is 1.52 bits per heavy atom. The quantitative estimate of drug-likeness (QED) is 0.630. The first kappa shape index (κ1) is 15.5. The van der Waals surface area contributed by atoms with Gasteiger partial charge in [0, 0.05) is 31.7 Å². The van der Waals surface area contributed by atoms with Crippen molar-refractivity contribution in [3.05, 3.63) is 33.9 Å². The Hall–Kier alpha value is -1.89. The number of nitro benzene ring substituents is 1. The number of nitrogens with zero attached hydrogens (tertiary/aromatic N) is 2. The van der Waals surface area contributed by atoms with Crippen LogP contribution in [0.4, 0.5) is 11.4 Å². The Balaban J connectivity index is 2.21. The van der Waals surface area contributed by atoms with E-state index in [2.05, 4.69) is 0 Å². The zero-order valence-corrected chi connectivity index (χ0v) is 12.7. The zero-order chi connectivity index (χ0) is 15.6. The van der Waals surface area contributed by atoms with Gasteiger partial charge in [-0.1, -0.05) is 17.8 Å². The first-order valence-corrected chi connectivity index (χ1v) is 7.56. The molecule has 1 amide bonds. The lowest BCUT2D eigenvalue weighted by Gasteiger charge is -2.17. The van der Waals surface area contributed by atoms with E-state index in [1.165, 1.54) is 29.7 Å². The molecule has 6 nitrogen and oxygen atoms in total. The summed E-state index contributed by atoms with van der Waals surface area (Å²) in [5.74, 6) is 0.487. The molecule has 1 aromatic rings. The van der Waals surface area contributed by atoms with Crippen LogP contribution in [0.3, 0.4) is 0 Å². The molecule has 0 N–H and O–H groups in total. The van der Waals surface area contributed by atoms with Crippen molar-refractivity contribution in [2.24, 2.45) is 5.92 Å². The summed E-state index contributed by atoms with van der Waals surface area (Å²) in [7, 11) is 0. The number of hydrogen-bond acceptors (Lipinski definition) is 5. The third-order valence-electron chi connectivity index (χ3n) is 3.35. The summed E-state index contributed by atoms with van der Waals surface area (Å²) in [6, 6.07) is 4.85. The summed E-state index contributed by atoms with van der Waals surface area (Å²) < 4.78 is 0. The topological polar surface area (TPSA) is 80.5 Å². The lowest BCUT2D eigenvalue weighted by atomic mass is 10.1. The van der Waals surface area contributed by atoms with E-state index in [9.17, 15) is 19.7 Å². The fraction of sp³-hybridized carbons (Fsp3) is 0.429. The van der Waals surface area contributed by atoms with Crippen molar-refractivity contribution in [1.82, 2.24) is 0 Å². The number of hydrogen-bond donors (Lipinski definition) is 0. The minimum absolute atomic E-state index is 0.0159. The van der Waals surface area contributed by atoms with Crippen LogP contribution in [0.2, 0.25) is 0 Å². The van der Waals surface area contributed by atoms with Crippen molar-refractivity contribution < 1.29 is 14.5 Å². The fourth-order valence-electron chi connectivity index (χ4n) is 2.37. The number of carbonyl (C=O) groups is 2. The van der Waals surface area contributed by atoms with Gasteiger partial charge in [0.15, 0.2) is 5.12 Å². The third-order valence-corrected chi connectivity index (χ3v) is 4.39. The molecule has 112 valence electrons. The summed E-state index contributed by atoms with van der Waals surface area (Å²) in [6.07, 6.45) is 0.325. The fourth-order valence-corrected chi connectivity index (χ4v) is 3.06. The van der Waals surface area contributed by atoms with E-state index in [-0.39, 0.29) is 22.6 Å². The van der Waals surface area contributed by atoms with Gasteiger partial charge < -0.3 is 4.90 Å². The van der Waals surface area contributed by atoms with Gasteiger partial charge in [0.05, 0.1) is 4.92 Å². The van der Waals surface area contributed by atoms with Crippen molar-refractivity contribution >= 4 is 34.2 Å². The molecule has 0 aromatic heterocycles. The van der Waals surface area contributed by atoms with E-state index in [0.717, 1.165) is 5.56 Å². The van der Waals surface area contributed by atoms with Gasteiger partial charge in [0.2, 0.25) is 5.91 Å². The predicted molar refractivity (Wildman–Crippen MR) is 81.4 cm³/mol. The summed E-state index contributed by atoms with van der Waals surface area (Å²) in [6.45, 7) is 3.68. The average Bonchev–Trinajstić information content (AvgIpc) is 2.77. The molecule has 1 aliphatic rings. The maximum atomic E-state index is 12.1. The summed E-state index contributed by atoms with van der Waals surface area (Å²) in [4.78, 5) is 35.2. The SMILES string of the molecule is CC(=O)SCC1CC(=O)N(c2ccc(C)cc2[N+](=O)[O-])C1. The van der Waals surface area contributed by atoms with Gasteiger partial charge in [-0.3, -0.25) is 19.7 Å². The molecule has 0 spiro atoms. The van der Waals surface area contributed by atoms with E-state index in [1.54, 1.807) is 19.1 Å². The predicted octanol–water partition coefficient (Wildman–Crippen LogP) is 2.54. The van der Waals surface area contributed by atoms with E-state index in [1.807, 2.05) is 0 Å². The molecule has 1 saturated heterocycles. The van der Waals surface area contributed by atoms with Crippen LogP contribution in [0.25, 0.3) is 0 Å². The maximum Gasteiger partial charge on any atom is 0.293 e. The average molecular weight is 308 g/mol. The molecular formula is C14H16N2O4S. The van der Waals surface area contributed by atoms with Crippen LogP contribution in [-0.2, 0) is 9.59 Å². The van der Waals surface area contributed by atoms with Crippen molar-refractivity contribution in [2.45, 2.75) is 20.3 Å². The molecule has 0 saturated carbocycles. The molecule has 1 unspecified atom stereocenters. The summed E-state index contributed by atoms with van der Waals surface area (Å²) >= 11 is 1.19. The Morgan fingerprint density at radius 3 is 2.86 bits per heavy atom. The van der Waals surface area contributed by atoms with Crippen LogP contribution >= 0.6 is 11.8 Å². The number of nitro groups is 1. The van der Waals surface area contributed by atoms with Crippen LogP contribution in [0.5, 0.6) is 0 Å². The number of benzene rings is 1. The van der Waals surface area contributed by atoms with Crippen molar-refractivity contribution in [1.29, 1.82) is 0 Å². The highest BCUT2D eigenvalue weighted by Gasteiger charge is 2.34. The highest BCUT2D eigenvalue weighted by molar-refractivity contribution is 8.13. The summed E-state index contributed by atoms with van der Waals surface area (Å²) in [5.41, 5.74) is 1.06. The molecule has 0 bridgehead atoms. The van der Waals surface area contributed by atoms with Crippen LogP contribution in [0.1, 0.15) is 18.9 Å². The second kappa shape index (κ2) is 6.26. The van der Waals surface area contributed by atoms with Gasteiger partial charge in [-0.2, -0.15) is 0 Å². The van der Waals surface area contributed by atoms with Gasteiger partial charge in [-0.25, -0.2) is 0 Å². The maximum absolute atomic E-state index is 12.1. The number of thioether (sulfide) groups is 1. The smallest absolute Gasteiger partial charge is 0.293 e. The van der Waals surface area contributed by atoms with Gasteiger partial charge in [0.25, 0.3) is 5.69 Å². The van der Waals surface area contributed by atoms with Gasteiger partial charge >= 0.3 is 0 Å². The van der Waals surface area contributed by atoms with E-state index in [4.69, 9.17) is 0 Å². The third kappa shape index (κ3) is 3.60. The van der Waals surface area contributed by atoms with Crippen molar-refractivity contribution in [2.75, 3.05) is 17.2 Å². The standard InChI is InChI=1S/C14H16N2O4S/c1-9-3-4-12(13(5-9)16(19)20)15-7-11(6-14(15)18)8-21-10(2)17/h3-5,11H,6-8H2,1-2H3. The number of anilines is 1. The number of rotatable bonds is 4. The van der Waals surface area contributed by atoms with Crippen molar-refractivity contribution in [3.63, 3.8) is 0 Å². The Morgan fingerprint density at radius 2 is 2.24 bits per heavy atom. The lowest BCUT2D eigenvalue weighted by molar-refractivity contribution is -0.384. The Labute approximate surface area is 126 Å². The van der Waals surface area contributed by atoms with Crippen LogP contribution in [0, 0.1) is 23.0 Å². The first-order chi connectivity index (χ1) is 9.88. The second-order valence-corrected chi connectivity index (χ2v) is 6.32. The molecule has 1 aromatic carbocycles. The minimum atomic E-state index is -0.465. The lowest BCUT2D eigenvalue weighted by Crippen LogP contribution is -2.25. The number of carbonyl (C=O) groups excluding carboxylic acids is 2. The molecule has 1 aliphatic heterocycles. The zero-order valence-electron chi connectivity index (χ0n) is 11.9. The van der Waals surface area contributed by atoms with E-state index >= 15 is 0 Å². The van der Waals surface area contributed by atoms with Crippen molar-refractivity contribution in [3.8, 4) is 0 Å². The monoisotopic (exact) mass is 308 g/mol. The van der Waals surface area contributed by atoms with Gasteiger partial charge in [-0.15, -0.1) is 0 Å². The molecule has 21 heavy (non-hydrogen) atoms. The van der Waals surface area contributed by atoms with Gasteiger partial charge in [-0.05, 0) is 24.5 Å². The molecule has 2 rings (SSSR count). The van der Waals surface area contributed by atoms with Crippen LogP contribution in [-0.4, -0.2) is 28.2 Å². The molecule has 1 fully saturated rings. The van der Waals surface area contributed by atoms with Crippen LogP contribution in [0.15, 0.2) is 18.2 Å². The van der Waals surface area contributed by atoms with E-state index < -0.39 is 4.92 Å². The van der Waals surface area contributed by atoms with E-state index in [0.29, 0.717) is 24.4 Å². The highest BCUT2D eigenvalue weighted by atomic mass is 32.2. The molecule has 0 radical (unpaired) electrons. The Bertz CT molecular complexity index is 603. The Kier molecular flexibility index (Phi) is 4.62. The molecule has 0 aliphatic carbocycles. The normalized spacial score (nSPS) is 18.1. The highest BCUT2D eigenvalue weighted by Crippen LogP contribution is 2.34. The molecule has 1 heterocycles. The largest absolute Gasteiger partial charge is 0.306 e. The minimum Gasteiger partial charge on any atom is -0.306 e. The molecule has 1 atom stereocenters. The number of aryl methyl sites for hydroxylation is 1. The first-order valence-electron chi connectivity index (χ1n) is 6.57. The molecular weight excluding hydrogens is 292 g/mol. The number of amides is 1.